The molecule has 10 nitrogen and oxygen atoms in total. The molecule has 0 fully saturated rings. The summed E-state index contributed by atoms with van der Waals surface area (Å²) in [7, 11) is 0. The first-order valence-electron chi connectivity index (χ1n) is 14.6. The Kier molecular flexibility index (Phi) is 8.26. The van der Waals surface area contributed by atoms with Crippen molar-refractivity contribution in [2.45, 2.75) is 13.1 Å². The summed E-state index contributed by atoms with van der Waals surface area (Å²) < 4.78 is 42.8. The number of carboxylic acids is 2. The van der Waals surface area contributed by atoms with Crippen molar-refractivity contribution in [3.05, 3.63) is 119 Å². The van der Waals surface area contributed by atoms with E-state index in [9.17, 15) is 33.0 Å². The number of benzene rings is 6. The number of alkyl halides is 3. The van der Waals surface area contributed by atoms with Crippen molar-refractivity contribution in [2.75, 3.05) is 11.5 Å². The summed E-state index contributed by atoms with van der Waals surface area (Å²) >= 11 is 0. The molecular weight excluding hydrogens is 637 g/mol. The molecule has 0 aliphatic rings. The van der Waals surface area contributed by atoms with Crippen molar-refractivity contribution in [1.82, 2.24) is 0 Å². The minimum absolute atomic E-state index is 0.0139. The normalized spacial score (nSPS) is 12.0. The SMILES string of the molecule is Cc1cc(-c2ccc(N=Nc3cc(C(=O)O)c4ccccc4c3N)c(C(F)(F)F)c2)ccc1N=Nc1cc(C(=O)O)c2ccccc2c1N. The molecule has 6 N–H and O–H groups in total. The van der Waals surface area contributed by atoms with Gasteiger partial charge in [-0.2, -0.15) is 18.3 Å². The van der Waals surface area contributed by atoms with E-state index in [1.807, 2.05) is 0 Å². The molecule has 13 heteroatoms. The van der Waals surface area contributed by atoms with Crippen LogP contribution in [-0.2, 0) is 6.18 Å². The first-order valence-corrected chi connectivity index (χ1v) is 14.6. The number of azo groups is 2. The van der Waals surface area contributed by atoms with E-state index < -0.39 is 29.4 Å². The van der Waals surface area contributed by atoms with Crippen LogP contribution in [0.25, 0.3) is 32.7 Å². The van der Waals surface area contributed by atoms with E-state index in [-0.39, 0.29) is 39.4 Å². The number of fused-ring (bicyclic) bond motifs is 2. The number of halogens is 3. The molecule has 0 aromatic heterocycles. The lowest BCUT2D eigenvalue weighted by Gasteiger charge is -2.13. The van der Waals surface area contributed by atoms with Crippen LogP contribution < -0.4 is 11.5 Å². The van der Waals surface area contributed by atoms with E-state index >= 15 is 0 Å². The van der Waals surface area contributed by atoms with Gasteiger partial charge in [-0.05, 0) is 70.8 Å². The number of anilines is 2. The van der Waals surface area contributed by atoms with Crippen molar-refractivity contribution in [1.29, 1.82) is 0 Å². The highest BCUT2D eigenvalue weighted by molar-refractivity contribution is 6.11. The molecule has 0 unspecified atom stereocenters. The van der Waals surface area contributed by atoms with Crippen molar-refractivity contribution in [2.24, 2.45) is 20.5 Å². The fraction of sp³-hybridized carbons (Fsp3) is 0.0556. The molecule has 0 heterocycles. The van der Waals surface area contributed by atoms with Gasteiger partial charge in [0, 0.05) is 10.8 Å². The van der Waals surface area contributed by atoms with Gasteiger partial charge in [0.2, 0.25) is 0 Å². The third-order valence-electron chi connectivity index (χ3n) is 7.95. The van der Waals surface area contributed by atoms with Gasteiger partial charge in [0.25, 0.3) is 0 Å². The fourth-order valence-corrected chi connectivity index (χ4v) is 5.48. The number of nitrogen functional groups attached to an aromatic ring is 2. The predicted octanol–water partition coefficient (Wildman–Crippen LogP) is 10.4. The van der Waals surface area contributed by atoms with Gasteiger partial charge in [-0.3, -0.25) is 0 Å². The van der Waals surface area contributed by atoms with Crippen molar-refractivity contribution in [3.63, 3.8) is 0 Å². The highest BCUT2D eigenvalue weighted by atomic mass is 19.4. The summed E-state index contributed by atoms with van der Waals surface area (Å²) in [6.07, 6.45) is -4.80. The maximum absolute atomic E-state index is 14.3. The first kappa shape index (κ1) is 32.3. The molecule has 0 aliphatic carbocycles. The molecule has 0 saturated carbocycles. The van der Waals surface area contributed by atoms with E-state index in [4.69, 9.17) is 11.5 Å². The summed E-state index contributed by atoms with van der Waals surface area (Å²) in [6, 6.07) is 24.1. The second kappa shape index (κ2) is 12.5. The molecule has 49 heavy (non-hydrogen) atoms. The summed E-state index contributed by atoms with van der Waals surface area (Å²) in [5.74, 6) is -2.40. The molecule has 6 aromatic rings. The number of aryl methyl sites for hydroxylation is 1. The Morgan fingerprint density at radius 3 is 1.43 bits per heavy atom. The van der Waals surface area contributed by atoms with Crippen LogP contribution in [0.1, 0.15) is 31.8 Å². The van der Waals surface area contributed by atoms with Gasteiger partial charge < -0.3 is 21.7 Å². The van der Waals surface area contributed by atoms with E-state index in [2.05, 4.69) is 20.5 Å². The largest absolute Gasteiger partial charge is 0.478 e. The quantitative estimate of drug-likeness (QED) is 0.0976. The molecule has 0 saturated heterocycles. The minimum atomic E-state index is -4.80. The van der Waals surface area contributed by atoms with Crippen molar-refractivity contribution >= 4 is 67.6 Å². The molecule has 244 valence electrons. The van der Waals surface area contributed by atoms with Crippen LogP contribution >= 0.6 is 0 Å². The lowest BCUT2D eigenvalue weighted by molar-refractivity contribution is -0.137. The third-order valence-corrected chi connectivity index (χ3v) is 7.95. The van der Waals surface area contributed by atoms with Crippen LogP contribution in [0.4, 0.5) is 47.3 Å². The van der Waals surface area contributed by atoms with Gasteiger partial charge >= 0.3 is 18.1 Å². The molecule has 6 rings (SSSR count). The summed E-state index contributed by atoms with van der Waals surface area (Å²) in [5.41, 5.74) is 12.9. The smallest absolute Gasteiger partial charge is 0.418 e. The predicted molar refractivity (Wildman–Crippen MR) is 181 cm³/mol. The van der Waals surface area contributed by atoms with Crippen LogP contribution in [0.5, 0.6) is 0 Å². The van der Waals surface area contributed by atoms with Gasteiger partial charge in [-0.25, -0.2) is 9.59 Å². The maximum atomic E-state index is 14.3. The van der Waals surface area contributed by atoms with Crippen molar-refractivity contribution in [3.8, 4) is 11.1 Å². The monoisotopic (exact) mass is 662 g/mol. The number of hydrogen-bond donors (Lipinski definition) is 4. The summed E-state index contributed by atoms with van der Waals surface area (Å²) in [4.78, 5) is 23.7. The fourth-order valence-electron chi connectivity index (χ4n) is 5.48. The average molecular weight is 663 g/mol. The number of carbonyl (C=O) groups is 2. The highest BCUT2D eigenvalue weighted by Gasteiger charge is 2.34. The number of rotatable bonds is 7. The van der Waals surface area contributed by atoms with E-state index in [0.29, 0.717) is 38.4 Å². The van der Waals surface area contributed by atoms with Gasteiger partial charge in [0.1, 0.15) is 11.4 Å². The average Bonchev–Trinajstić information content (AvgIpc) is 3.07. The lowest BCUT2D eigenvalue weighted by Crippen LogP contribution is -2.05. The molecular formula is C36H25F3N6O4. The Balaban J connectivity index is 1.33. The van der Waals surface area contributed by atoms with Gasteiger partial charge in [0.05, 0.1) is 39.4 Å². The second-order valence-electron chi connectivity index (χ2n) is 11.0. The number of carboxylic acid groups (broad SMARTS) is 2. The van der Waals surface area contributed by atoms with Gasteiger partial charge in [-0.1, -0.05) is 60.7 Å². The van der Waals surface area contributed by atoms with E-state index in [1.54, 1.807) is 73.7 Å². The minimum Gasteiger partial charge on any atom is -0.478 e. The van der Waals surface area contributed by atoms with Crippen LogP contribution in [0, 0.1) is 6.92 Å². The zero-order valence-corrected chi connectivity index (χ0v) is 25.5. The lowest BCUT2D eigenvalue weighted by atomic mass is 9.99. The Morgan fingerprint density at radius 2 is 0.980 bits per heavy atom. The highest BCUT2D eigenvalue weighted by Crippen LogP contribution is 2.42. The molecule has 0 aliphatic heterocycles. The third kappa shape index (κ3) is 6.24. The van der Waals surface area contributed by atoms with Crippen LogP contribution in [0.2, 0.25) is 0 Å². The molecule has 0 atom stereocenters. The van der Waals surface area contributed by atoms with E-state index in [1.165, 1.54) is 24.3 Å². The molecule has 6 aromatic carbocycles. The van der Waals surface area contributed by atoms with E-state index in [0.717, 1.165) is 6.07 Å². The van der Waals surface area contributed by atoms with Crippen LogP contribution in [-0.4, -0.2) is 22.2 Å². The Bertz CT molecular complexity index is 2390. The zero-order chi connectivity index (χ0) is 35.0. The Hall–Kier alpha value is -6.63. The van der Waals surface area contributed by atoms with Crippen LogP contribution in [0.3, 0.4) is 0 Å². The second-order valence-corrected chi connectivity index (χ2v) is 11.0. The number of nitrogens with two attached hydrogens (primary N) is 2. The molecule has 0 radical (unpaired) electrons. The van der Waals surface area contributed by atoms with Gasteiger partial charge in [0.15, 0.2) is 0 Å². The summed E-state index contributed by atoms with van der Waals surface area (Å²) in [6.45, 7) is 1.71. The van der Waals surface area contributed by atoms with Crippen molar-refractivity contribution < 1.29 is 33.0 Å². The molecule has 0 bridgehead atoms. The standard InChI is InChI=1S/C36H25F3N6O4/c1-18-14-19(10-12-28(18)42-44-30-16-25(34(46)47)21-6-2-4-8-23(21)32(30)40)20-11-13-29(27(15-20)36(37,38)39)43-45-31-17-26(35(48)49)22-7-3-5-9-24(22)33(31)41/h2-17H,40-41H2,1H3,(H,46,47)(H,48,49). The molecule has 0 amide bonds. The first-order chi connectivity index (χ1) is 23.3. The number of nitrogens with zero attached hydrogens (tertiary/aromatic N) is 4. The maximum Gasteiger partial charge on any atom is 0.418 e. The number of hydrogen-bond acceptors (Lipinski definition) is 8. The zero-order valence-electron chi connectivity index (χ0n) is 25.5. The Labute approximate surface area is 275 Å². The number of aromatic carboxylic acids is 2. The van der Waals surface area contributed by atoms with Crippen LogP contribution in [0.15, 0.2) is 118 Å². The topological polar surface area (TPSA) is 176 Å². The Morgan fingerprint density at radius 1 is 0.571 bits per heavy atom. The summed E-state index contributed by atoms with van der Waals surface area (Å²) in [5, 5.41) is 37.3. The van der Waals surface area contributed by atoms with Gasteiger partial charge in [-0.15, -0.1) is 15.3 Å². The molecule has 0 spiro atoms.